The maximum absolute atomic E-state index is 13.8. The number of fused-ring (bicyclic) bond motifs is 1. The molecule has 0 radical (unpaired) electrons. The molecule has 3 nitrogen and oxygen atoms in total. The van der Waals surface area contributed by atoms with Crippen LogP contribution in [0, 0.1) is 29.1 Å². The molecule has 0 saturated carbocycles. The van der Waals surface area contributed by atoms with Gasteiger partial charge in [0, 0.05) is 11.1 Å². The van der Waals surface area contributed by atoms with Crippen LogP contribution >= 0.6 is 11.6 Å². The number of ketones is 1. The molecule has 0 atom stereocenters. The van der Waals surface area contributed by atoms with Crippen LogP contribution in [0.15, 0.2) is 48.2 Å². The molecule has 0 saturated heterocycles. The van der Waals surface area contributed by atoms with Gasteiger partial charge in [-0.1, -0.05) is 23.7 Å². The van der Waals surface area contributed by atoms with Crippen molar-refractivity contribution in [1.29, 1.82) is 0 Å². The van der Waals surface area contributed by atoms with Crippen molar-refractivity contribution in [2.45, 2.75) is 6.61 Å². The molecule has 0 unspecified atom stereocenters. The summed E-state index contributed by atoms with van der Waals surface area (Å²) in [6.07, 6.45) is 1.49. The first-order valence-electron chi connectivity index (χ1n) is 8.73. The molecule has 31 heavy (non-hydrogen) atoms. The summed E-state index contributed by atoms with van der Waals surface area (Å²) in [5, 5.41) is 0.473. The summed E-state index contributed by atoms with van der Waals surface area (Å²) in [5.41, 5.74) is -0.265. The number of halogens is 6. The molecule has 0 fully saturated rings. The maximum atomic E-state index is 13.8. The van der Waals surface area contributed by atoms with E-state index in [1.54, 1.807) is 24.3 Å². The fourth-order valence-corrected chi connectivity index (χ4v) is 3.14. The van der Waals surface area contributed by atoms with E-state index in [0.29, 0.717) is 10.6 Å². The Morgan fingerprint density at radius 2 is 1.58 bits per heavy atom. The molecule has 0 bridgehead atoms. The molecule has 158 valence electrons. The third-order valence-corrected chi connectivity index (χ3v) is 4.71. The predicted octanol–water partition coefficient (Wildman–Crippen LogP) is 6.23. The van der Waals surface area contributed by atoms with Crippen LogP contribution in [0.4, 0.5) is 22.0 Å². The van der Waals surface area contributed by atoms with Crippen LogP contribution in [0.25, 0.3) is 6.08 Å². The van der Waals surface area contributed by atoms with E-state index in [-0.39, 0.29) is 22.8 Å². The van der Waals surface area contributed by atoms with Crippen LogP contribution in [0.1, 0.15) is 21.5 Å². The van der Waals surface area contributed by atoms with E-state index >= 15 is 0 Å². The lowest BCUT2D eigenvalue weighted by molar-refractivity contribution is 0.101. The zero-order valence-electron chi connectivity index (χ0n) is 15.3. The summed E-state index contributed by atoms with van der Waals surface area (Å²) < 4.78 is 78.0. The van der Waals surface area contributed by atoms with Crippen LogP contribution < -0.4 is 9.47 Å². The van der Waals surface area contributed by atoms with Crippen LogP contribution in [0.5, 0.6) is 11.5 Å². The van der Waals surface area contributed by atoms with Gasteiger partial charge in [0.1, 0.15) is 18.1 Å². The molecule has 0 aliphatic carbocycles. The lowest BCUT2D eigenvalue weighted by atomic mass is 10.1. The van der Waals surface area contributed by atoms with Crippen molar-refractivity contribution in [3.63, 3.8) is 0 Å². The highest BCUT2D eigenvalue weighted by atomic mass is 35.5. The number of rotatable bonds is 4. The van der Waals surface area contributed by atoms with Crippen LogP contribution in [-0.4, -0.2) is 5.78 Å². The molecule has 0 aromatic heterocycles. The standard InChI is InChI=1S/C22H10ClF5O3/c23-11-3-1-2-10(6-11)7-16-22(29)13-5-4-12(8-15(13)31-16)30-9-14-17(24)19(26)21(28)20(27)18(14)25/h1-8H,9H2/b16-7-. The summed E-state index contributed by atoms with van der Waals surface area (Å²) in [4.78, 5) is 12.5. The van der Waals surface area contributed by atoms with Gasteiger partial charge in [-0.15, -0.1) is 0 Å². The second kappa shape index (κ2) is 8.03. The fraction of sp³-hybridized carbons (Fsp3) is 0.0455. The van der Waals surface area contributed by atoms with Crippen LogP contribution in [-0.2, 0) is 6.61 Å². The molecule has 1 aliphatic heterocycles. The van der Waals surface area contributed by atoms with Crippen molar-refractivity contribution in [2.75, 3.05) is 0 Å². The molecule has 4 rings (SSSR count). The minimum atomic E-state index is -2.25. The molecular weight excluding hydrogens is 443 g/mol. The van der Waals surface area contributed by atoms with E-state index in [4.69, 9.17) is 21.1 Å². The Balaban J connectivity index is 1.56. The van der Waals surface area contributed by atoms with E-state index in [1.165, 1.54) is 24.3 Å². The van der Waals surface area contributed by atoms with Crippen molar-refractivity contribution < 1.29 is 36.2 Å². The molecule has 9 heteroatoms. The molecule has 1 heterocycles. The number of allylic oxidation sites excluding steroid dienone is 1. The Kier molecular flexibility index (Phi) is 5.41. The number of Topliss-reactive ketones (excluding diaryl/α,β-unsaturated/α-hetero) is 1. The fourth-order valence-electron chi connectivity index (χ4n) is 2.94. The van der Waals surface area contributed by atoms with Gasteiger partial charge in [0.05, 0.1) is 11.1 Å². The Bertz CT molecular complexity index is 1230. The highest BCUT2D eigenvalue weighted by molar-refractivity contribution is 6.30. The first-order valence-corrected chi connectivity index (χ1v) is 9.11. The predicted molar refractivity (Wildman–Crippen MR) is 101 cm³/mol. The van der Waals surface area contributed by atoms with Gasteiger partial charge in [-0.3, -0.25) is 4.79 Å². The van der Waals surface area contributed by atoms with E-state index < -0.39 is 47.0 Å². The summed E-state index contributed by atoms with van der Waals surface area (Å²) in [6.45, 7) is -0.927. The molecule has 1 aliphatic rings. The first-order chi connectivity index (χ1) is 14.8. The third kappa shape index (κ3) is 3.86. The second-order valence-corrected chi connectivity index (χ2v) is 6.93. The Morgan fingerprint density at radius 1 is 0.903 bits per heavy atom. The number of carbonyl (C=O) groups is 1. The van der Waals surface area contributed by atoms with Gasteiger partial charge >= 0.3 is 0 Å². The highest BCUT2D eigenvalue weighted by Gasteiger charge is 2.29. The molecule has 3 aromatic carbocycles. The zero-order valence-corrected chi connectivity index (χ0v) is 16.1. The van der Waals surface area contributed by atoms with Crippen molar-refractivity contribution in [1.82, 2.24) is 0 Å². The van der Waals surface area contributed by atoms with Gasteiger partial charge in [-0.2, -0.15) is 0 Å². The summed E-state index contributed by atoms with van der Waals surface area (Å²) in [6, 6.07) is 10.7. The normalized spacial score (nSPS) is 14.0. The second-order valence-electron chi connectivity index (χ2n) is 6.49. The number of carbonyl (C=O) groups excluding carboxylic acids is 1. The topological polar surface area (TPSA) is 35.5 Å². The van der Waals surface area contributed by atoms with Gasteiger partial charge in [-0.05, 0) is 35.9 Å². The minimum absolute atomic E-state index is 0.000466. The lowest BCUT2D eigenvalue weighted by Gasteiger charge is -2.10. The van der Waals surface area contributed by atoms with Gasteiger partial charge < -0.3 is 9.47 Å². The number of hydrogen-bond donors (Lipinski definition) is 0. The average molecular weight is 453 g/mol. The number of ether oxygens (including phenoxy) is 2. The van der Waals surface area contributed by atoms with Crippen molar-refractivity contribution >= 4 is 23.5 Å². The smallest absolute Gasteiger partial charge is 0.231 e. The Hall–Kier alpha value is -3.39. The number of benzene rings is 3. The van der Waals surface area contributed by atoms with E-state index in [9.17, 15) is 26.7 Å². The van der Waals surface area contributed by atoms with Gasteiger partial charge in [0.15, 0.2) is 29.0 Å². The summed E-state index contributed by atoms with van der Waals surface area (Å²) >= 11 is 5.92. The zero-order chi connectivity index (χ0) is 22.3. The van der Waals surface area contributed by atoms with Crippen LogP contribution in [0.2, 0.25) is 5.02 Å². The largest absolute Gasteiger partial charge is 0.489 e. The van der Waals surface area contributed by atoms with E-state index in [2.05, 4.69) is 0 Å². The first kappa shape index (κ1) is 20.9. The average Bonchev–Trinajstić information content (AvgIpc) is 3.05. The highest BCUT2D eigenvalue weighted by Crippen LogP contribution is 2.35. The van der Waals surface area contributed by atoms with Gasteiger partial charge in [0.2, 0.25) is 11.6 Å². The van der Waals surface area contributed by atoms with Crippen molar-refractivity contribution in [3.05, 3.63) is 99.0 Å². The molecular formula is C22H10ClF5O3. The maximum Gasteiger partial charge on any atom is 0.231 e. The number of hydrogen-bond acceptors (Lipinski definition) is 3. The SMILES string of the molecule is O=C1/C(=C/c2cccc(Cl)c2)Oc2cc(OCc3c(F)c(F)c(F)c(F)c3F)ccc21. The van der Waals surface area contributed by atoms with Gasteiger partial charge in [0.25, 0.3) is 0 Å². The summed E-state index contributed by atoms with van der Waals surface area (Å²) in [5.74, 6) is -10.6. The molecule has 0 N–H and O–H groups in total. The van der Waals surface area contributed by atoms with Crippen molar-refractivity contribution in [3.8, 4) is 11.5 Å². The Morgan fingerprint density at radius 3 is 2.26 bits per heavy atom. The quantitative estimate of drug-likeness (QED) is 0.204. The molecule has 0 spiro atoms. The lowest BCUT2D eigenvalue weighted by Crippen LogP contribution is -2.09. The third-order valence-electron chi connectivity index (χ3n) is 4.47. The van der Waals surface area contributed by atoms with E-state index in [1.807, 2.05) is 0 Å². The Labute approximate surface area is 177 Å². The minimum Gasteiger partial charge on any atom is -0.489 e. The van der Waals surface area contributed by atoms with Gasteiger partial charge in [-0.25, -0.2) is 22.0 Å². The monoisotopic (exact) mass is 452 g/mol. The molecule has 0 amide bonds. The van der Waals surface area contributed by atoms with Crippen molar-refractivity contribution in [2.24, 2.45) is 0 Å². The van der Waals surface area contributed by atoms with Crippen LogP contribution in [0.3, 0.4) is 0 Å². The van der Waals surface area contributed by atoms with E-state index in [0.717, 1.165) is 0 Å². The summed E-state index contributed by atoms with van der Waals surface area (Å²) in [7, 11) is 0. The molecule has 3 aromatic rings.